The van der Waals surface area contributed by atoms with Crippen LogP contribution in [0.25, 0.3) is 0 Å². The van der Waals surface area contributed by atoms with Gasteiger partial charge in [0, 0.05) is 0 Å². The first-order chi connectivity index (χ1) is 3.73. The Morgan fingerprint density at radius 3 is 1.00 bits per heavy atom. The van der Waals surface area contributed by atoms with Gasteiger partial charge in [-0.3, -0.25) is 0 Å². The van der Waals surface area contributed by atoms with Gasteiger partial charge in [-0.15, -0.1) is 0 Å². The van der Waals surface area contributed by atoms with Gasteiger partial charge in [0.15, 0.2) is 0 Å². The second-order valence-corrected chi connectivity index (χ2v) is 2.08. The summed E-state index contributed by atoms with van der Waals surface area (Å²) in [7, 11) is -4.61. The van der Waals surface area contributed by atoms with Crippen LogP contribution in [0.2, 0.25) is 0 Å². The molecule has 0 aromatic carbocycles. The number of carboxylic acid groups (broad SMARTS) is 2. The fourth-order valence-electron chi connectivity index (χ4n) is 0. The Morgan fingerprint density at radius 2 is 1.00 bits per heavy atom. The standard InChI is InChI=1S/CH2O3.K.Na.H4O4Si.2H/c2-1(3)4;;;1-5(2,3)4;;/h(H2,2,3,4);;;1-4H;;. The molecule has 0 aliphatic rings. The number of rotatable bonds is 0. The molecule has 11 heavy (non-hydrogen) atoms. The summed E-state index contributed by atoms with van der Waals surface area (Å²) in [6, 6.07) is 0. The molecule has 0 aromatic rings. The predicted octanol–water partition coefficient (Wildman–Crippen LogP) is -3.68. The molecule has 0 unspecified atom stereocenters. The normalized spacial score (nSPS) is 7.64. The maximum atomic E-state index is 8.56. The molecule has 6 N–H and O–H groups in total. The summed E-state index contributed by atoms with van der Waals surface area (Å²) in [6.45, 7) is 0. The summed E-state index contributed by atoms with van der Waals surface area (Å²) >= 11 is 0. The molecule has 0 atom stereocenters. The van der Waals surface area contributed by atoms with Crippen LogP contribution in [-0.2, 0) is 0 Å². The Balaban J connectivity index is -0.0000000383. The maximum absolute atomic E-state index is 8.56. The number of hydrogen-bond donors (Lipinski definition) is 6. The molecule has 0 aliphatic heterocycles. The molecule has 0 fully saturated rings. The van der Waals surface area contributed by atoms with Crippen LogP contribution in [0.5, 0.6) is 0 Å². The van der Waals surface area contributed by atoms with Crippen molar-refractivity contribution in [1.82, 2.24) is 0 Å². The summed E-state index contributed by atoms with van der Waals surface area (Å²) < 4.78 is 0. The van der Waals surface area contributed by atoms with Crippen LogP contribution in [0.4, 0.5) is 4.79 Å². The van der Waals surface area contributed by atoms with Gasteiger partial charge < -0.3 is 29.4 Å². The third kappa shape index (κ3) is 308. The second-order valence-electron chi connectivity index (χ2n) is 0.883. The zero-order valence-corrected chi connectivity index (χ0v) is 5.09. The minimum absolute atomic E-state index is 0. The Hall–Kier alpha value is 1.96. The van der Waals surface area contributed by atoms with Crippen molar-refractivity contribution in [2.45, 2.75) is 0 Å². The first-order valence-electron chi connectivity index (χ1n) is 1.55. The molecule has 0 radical (unpaired) electrons. The average molecular weight is 222 g/mol. The summed E-state index contributed by atoms with van der Waals surface area (Å²) in [6.07, 6.45) is -1.83. The van der Waals surface area contributed by atoms with E-state index < -0.39 is 15.2 Å². The molecule has 0 amide bonds. The van der Waals surface area contributed by atoms with Gasteiger partial charge in [0.2, 0.25) is 0 Å². The summed E-state index contributed by atoms with van der Waals surface area (Å²) in [5, 5.41) is 13.9. The molecule has 0 aliphatic carbocycles. The summed E-state index contributed by atoms with van der Waals surface area (Å²) in [5.74, 6) is 0. The van der Waals surface area contributed by atoms with Crippen molar-refractivity contribution in [2.75, 3.05) is 0 Å². The van der Waals surface area contributed by atoms with Crippen LogP contribution in [0, 0.1) is 0 Å². The topological polar surface area (TPSA) is 138 Å². The van der Waals surface area contributed by atoms with Crippen LogP contribution in [-0.4, -0.2) is 126 Å². The van der Waals surface area contributed by atoms with E-state index in [4.69, 9.17) is 34.2 Å². The van der Waals surface area contributed by atoms with Crippen molar-refractivity contribution < 1.29 is 34.2 Å². The minimum atomic E-state index is -4.61. The monoisotopic (exact) mass is 222 g/mol. The molecule has 0 saturated carbocycles. The van der Waals surface area contributed by atoms with Crippen molar-refractivity contribution >= 4 is 96.1 Å². The zero-order chi connectivity index (χ0) is 8.08. The van der Waals surface area contributed by atoms with Crippen molar-refractivity contribution in [3.63, 3.8) is 0 Å². The summed E-state index contributed by atoms with van der Waals surface area (Å²) in [4.78, 5) is 37.9. The summed E-state index contributed by atoms with van der Waals surface area (Å²) in [5.41, 5.74) is 0. The van der Waals surface area contributed by atoms with Gasteiger partial charge in [0.1, 0.15) is 0 Å². The Kier molecular flexibility index (Phi) is 25.1. The molecule has 10 heteroatoms. The van der Waals surface area contributed by atoms with Crippen molar-refractivity contribution in [2.24, 2.45) is 0 Å². The van der Waals surface area contributed by atoms with E-state index in [2.05, 4.69) is 0 Å². The van der Waals surface area contributed by atoms with Crippen LogP contribution in [0.3, 0.4) is 0 Å². The SMILES string of the molecule is O=C(O)O.O[Si](O)(O)O.[KH].[NaH]. The van der Waals surface area contributed by atoms with E-state index in [1.54, 1.807) is 0 Å². The third-order valence-electron chi connectivity index (χ3n) is 0. The van der Waals surface area contributed by atoms with Crippen molar-refractivity contribution in [3.8, 4) is 0 Å². The molecule has 0 saturated heterocycles. The molecule has 0 bridgehead atoms. The molecule has 0 heterocycles. The fourth-order valence-corrected chi connectivity index (χ4v) is 0. The van der Waals surface area contributed by atoms with Crippen molar-refractivity contribution in [1.29, 1.82) is 0 Å². The van der Waals surface area contributed by atoms with E-state index in [-0.39, 0.29) is 80.9 Å². The molecule has 7 nitrogen and oxygen atoms in total. The van der Waals surface area contributed by atoms with Crippen LogP contribution in [0.15, 0.2) is 0 Å². The second kappa shape index (κ2) is 12.0. The third-order valence-corrected chi connectivity index (χ3v) is 0. The Morgan fingerprint density at radius 1 is 1.00 bits per heavy atom. The first-order valence-corrected chi connectivity index (χ1v) is 3.33. The van der Waals surface area contributed by atoms with E-state index in [1.807, 2.05) is 0 Å². The van der Waals surface area contributed by atoms with Crippen LogP contribution >= 0.6 is 0 Å². The van der Waals surface area contributed by atoms with E-state index >= 15 is 0 Å². The van der Waals surface area contributed by atoms with Gasteiger partial charge in [-0.1, -0.05) is 0 Å². The van der Waals surface area contributed by atoms with E-state index in [9.17, 15) is 0 Å². The first kappa shape index (κ1) is 23.1. The van der Waals surface area contributed by atoms with Gasteiger partial charge in [0.05, 0.1) is 0 Å². The quantitative estimate of drug-likeness (QED) is 0.232. The molecule has 60 valence electrons. The Labute approximate surface area is 128 Å². The molecular formula is CH8KNaO7Si. The molecular weight excluding hydrogens is 214 g/mol. The number of carbonyl (C=O) groups is 1. The van der Waals surface area contributed by atoms with Gasteiger partial charge in [0.25, 0.3) is 0 Å². The van der Waals surface area contributed by atoms with Crippen molar-refractivity contribution in [3.05, 3.63) is 0 Å². The Bertz CT molecular complexity index is 80.9. The van der Waals surface area contributed by atoms with Gasteiger partial charge in [-0.25, -0.2) is 4.79 Å². The average Bonchev–Trinajstić information content (AvgIpc) is 1.19. The van der Waals surface area contributed by atoms with Gasteiger partial charge >= 0.3 is 96.1 Å². The van der Waals surface area contributed by atoms with Crippen LogP contribution < -0.4 is 0 Å². The molecule has 0 spiro atoms. The molecule has 0 rings (SSSR count). The van der Waals surface area contributed by atoms with E-state index in [1.165, 1.54) is 0 Å². The predicted molar refractivity (Wildman–Crippen MR) is 39.6 cm³/mol. The van der Waals surface area contributed by atoms with Gasteiger partial charge in [-0.2, -0.15) is 0 Å². The van der Waals surface area contributed by atoms with E-state index in [0.29, 0.717) is 0 Å². The number of hydrogen-bond acceptors (Lipinski definition) is 5. The van der Waals surface area contributed by atoms with Gasteiger partial charge in [-0.05, 0) is 0 Å². The molecule has 0 aromatic heterocycles. The fraction of sp³-hybridized carbons (Fsp3) is 0. The van der Waals surface area contributed by atoms with Crippen LogP contribution in [0.1, 0.15) is 0 Å². The zero-order valence-electron chi connectivity index (χ0n) is 4.09. The van der Waals surface area contributed by atoms with E-state index in [0.717, 1.165) is 0 Å².